The lowest BCUT2D eigenvalue weighted by atomic mass is 10.2. The number of benzene rings is 1. The van der Waals surface area contributed by atoms with Gasteiger partial charge in [-0.2, -0.15) is 13.2 Å². The standard InChI is InChI=1S/C16H22F3N3O2/c1-2-20-15(22-9-7-12(23)11-22)21-8-10-24-14-6-4-3-5-13(14)16(17,18)19/h3-6,12,23H,2,7-11H2,1H3,(H,20,21)/t12-/m1/s1. The van der Waals surface area contributed by atoms with E-state index in [1.807, 2.05) is 11.8 Å². The van der Waals surface area contributed by atoms with Crippen LogP contribution in [-0.2, 0) is 6.18 Å². The maximum atomic E-state index is 12.9. The van der Waals surface area contributed by atoms with Crippen molar-refractivity contribution in [3.05, 3.63) is 29.8 Å². The summed E-state index contributed by atoms with van der Waals surface area (Å²) in [5, 5.41) is 12.7. The molecule has 8 heteroatoms. The Balaban J connectivity index is 1.93. The quantitative estimate of drug-likeness (QED) is 0.488. The molecule has 0 aromatic heterocycles. The third kappa shape index (κ3) is 5.02. The van der Waals surface area contributed by atoms with Gasteiger partial charge in [0, 0.05) is 19.6 Å². The van der Waals surface area contributed by atoms with Gasteiger partial charge in [-0.05, 0) is 25.5 Å². The van der Waals surface area contributed by atoms with E-state index in [9.17, 15) is 18.3 Å². The molecule has 0 aliphatic carbocycles. The molecular weight excluding hydrogens is 323 g/mol. The summed E-state index contributed by atoms with van der Waals surface area (Å²) in [6.45, 7) is 4.06. The number of alkyl halides is 3. The van der Waals surface area contributed by atoms with E-state index in [0.29, 0.717) is 32.0 Å². The molecule has 0 spiro atoms. The van der Waals surface area contributed by atoms with Crippen molar-refractivity contribution >= 4 is 5.96 Å². The van der Waals surface area contributed by atoms with Gasteiger partial charge >= 0.3 is 6.18 Å². The van der Waals surface area contributed by atoms with Crippen molar-refractivity contribution in [2.45, 2.75) is 25.6 Å². The molecule has 0 unspecified atom stereocenters. The number of aliphatic hydroxyl groups is 1. The summed E-state index contributed by atoms with van der Waals surface area (Å²) in [6, 6.07) is 5.13. The molecule has 1 aliphatic heterocycles. The molecule has 1 aromatic carbocycles. The lowest BCUT2D eigenvalue weighted by Gasteiger charge is -2.21. The summed E-state index contributed by atoms with van der Waals surface area (Å²) in [4.78, 5) is 6.28. The van der Waals surface area contributed by atoms with Crippen molar-refractivity contribution in [3.63, 3.8) is 0 Å². The van der Waals surface area contributed by atoms with E-state index in [0.717, 1.165) is 6.07 Å². The van der Waals surface area contributed by atoms with Gasteiger partial charge in [0.15, 0.2) is 5.96 Å². The molecule has 134 valence electrons. The van der Waals surface area contributed by atoms with Crippen molar-refractivity contribution in [1.82, 2.24) is 10.2 Å². The molecule has 2 N–H and O–H groups in total. The highest BCUT2D eigenvalue weighted by Crippen LogP contribution is 2.35. The number of guanidine groups is 1. The lowest BCUT2D eigenvalue weighted by Crippen LogP contribution is -2.40. The van der Waals surface area contributed by atoms with Crippen molar-refractivity contribution in [2.75, 3.05) is 32.8 Å². The molecule has 0 bridgehead atoms. The number of β-amino-alcohol motifs (C(OH)–C–C–N with tert-alkyl or cyclic N) is 1. The van der Waals surface area contributed by atoms with Crippen LogP contribution in [0.1, 0.15) is 18.9 Å². The number of para-hydroxylation sites is 1. The molecule has 24 heavy (non-hydrogen) atoms. The Morgan fingerprint density at radius 1 is 1.42 bits per heavy atom. The van der Waals surface area contributed by atoms with Gasteiger partial charge in [0.1, 0.15) is 12.4 Å². The Hall–Kier alpha value is -1.96. The van der Waals surface area contributed by atoms with Gasteiger partial charge in [-0.15, -0.1) is 0 Å². The summed E-state index contributed by atoms with van der Waals surface area (Å²) in [5.41, 5.74) is -0.788. The van der Waals surface area contributed by atoms with Crippen molar-refractivity contribution in [2.24, 2.45) is 4.99 Å². The molecule has 5 nitrogen and oxygen atoms in total. The van der Waals surface area contributed by atoms with Gasteiger partial charge in [-0.3, -0.25) is 0 Å². The molecule has 1 atom stereocenters. The number of aliphatic hydroxyl groups excluding tert-OH is 1. The zero-order valence-electron chi connectivity index (χ0n) is 13.5. The Labute approximate surface area is 139 Å². The summed E-state index contributed by atoms with van der Waals surface area (Å²) < 4.78 is 43.9. The first-order chi connectivity index (χ1) is 11.4. The number of rotatable bonds is 5. The average molecular weight is 345 g/mol. The van der Waals surface area contributed by atoms with Crippen molar-refractivity contribution in [3.8, 4) is 5.75 Å². The van der Waals surface area contributed by atoms with Crippen LogP contribution in [-0.4, -0.2) is 54.9 Å². The van der Waals surface area contributed by atoms with Gasteiger partial charge in [-0.1, -0.05) is 12.1 Å². The van der Waals surface area contributed by atoms with E-state index in [1.54, 1.807) is 0 Å². The van der Waals surface area contributed by atoms with Gasteiger partial charge in [0.05, 0.1) is 18.2 Å². The molecule has 1 saturated heterocycles. The first-order valence-electron chi connectivity index (χ1n) is 7.92. The largest absolute Gasteiger partial charge is 0.491 e. The van der Waals surface area contributed by atoms with Crippen molar-refractivity contribution in [1.29, 1.82) is 0 Å². The normalized spacial score (nSPS) is 18.8. The minimum absolute atomic E-state index is 0.0401. The van der Waals surface area contributed by atoms with Crippen molar-refractivity contribution < 1.29 is 23.0 Å². The molecule has 2 rings (SSSR count). The predicted molar refractivity (Wildman–Crippen MR) is 85.1 cm³/mol. The highest BCUT2D eigenvalue weighted by molar-refractivity contribution is 5.80. The number of nitrogens with zero attached hydrogens (tertiary/aromatic N) is 2. The van der Waals surface area contributed by atoms with Gasteiger partial charge < -0.3 is 20.1 Å². The number of hydrogen-bond acceptors (Lipinski definition) is 3. The van der Waals surface area contributed by atoms with Crippen LogP contribution in [0.2, 0.25) is 0 Å². The molecule has 0 radical (unpaired) electrons. The number of nitrogens with one attached hydrogen (secondary N) is 1. The molecule has 1 aliphatic rings. The Bertz CT molecular complexity index is 564. The second-order valence-electron chi connectivity index (χ2n) is 5.47. The fourth-order valence-corrected chi connectivity index (χ4v) is 2.49. The first-order valence-corrected chi connectivity index (χ1v) is 7.92. The Morgan fingerprint density at radius 2 is 2.17 bits per heavy atom. The van der Waals surface area contributed by atoms with Gasteiger partial charge in [0.25, 0.3) is 0 Å². The fourth-order valence-electron chi connectivity index (χ4n) is 2.49. The van der Waals surface area contributed by atoms with E-state index in [-0.39, 0.29) is 25.0 Å². The van der Waals surface area contributed by atoms with Crippen LogP contribution in [0.3, 0.4) is 0 Å². The van der Waals surface area contributed by atoms with Crippen LogP contribution in [0, 0.1) is 0 Å². The number of likely N-dealkylation sites (tertiary alicyclic amines) is 1. The highest BCUT2D eigenvalue weighted by Gasteiger charge is 2.33. The molecule has 0 amide bonds. The summed E-state index contributed by atoms with van der Waals surface area (Å²) >= 11 is 0. The minimum atomic E-state index is -4.44. The third-order valence-corrected chi connectivity index (χ3v) is 3.60. The number of hydrogen-bond donors (Lipinski definition) is 2. The van der Waals surface area contributed by atoms with Gasteiger partial charge in [0.2, 0.25) is 0 Å². The third-order valence-electron chi connectivity index (χ3n) is 3.60. The smallest absolute Gasteiger partial charge is 0.419 e. The highest BCUT2D eigenvalue weighted by atomic mass is 19.4. The Morgan fingerprint density at radius 3 is 2.79 bits per heavy atom. The second kappa shape index (κ2) is 8.23. The molecule has 1 fully saturated rings. The molecule has 1 aromatic rings. The summed E-state index contributed by atoms with van der Waals surface area (Å²) in [7, 11) is 0. The monoisotopic (exact) mass is 345 g/mol. The zero-order chi connectivity index (χ0) is 17.6. The summed E-state index contributed by atoms with van der Waals surface area (Å²) in [6.07, 6.45) is -4.14. The van der Waals surface area contributed by atoms with Crippen LogP contribution in [0.15, 0.2) is 29.3 Å². The maximum Gasteiger partial charge on any atom is 0.419 e. The van der Waals surface area contributed by atoms with E-state index < -0.39 is 11.7 Å². The van der Waals surface area contributed by atoms with Crippen LogP contribution < -0.4 is 10.1 Å². The number of aliphatic imine (C=N–C) groups is 1. The van der Waals surface area contributed by atoms with Crippen LogP contribution in [0.4, 0.5) is 13.2 Å². The van der Waals surface area contributed by atoms with E-state index in [2.05, 4.69) is 10.3 Å². The number of ether oxygens (including phenoxy) is 1. The molecule has 0 saturated carbocycles. The lowest BCUT2D eigenvalue weighted by molar-refractivity contribution is -0.138. The SMILES string of the molecule is CCNC(=NCCOc1ccccc1C(F)(F)F)N1CC[C@@H](O)C1. The zero-order valence-corrected chi connectivity index (χ0v) is 13.5. The van der Waals surface area contributed by atoms with Crippen LogP contribution in [0.5, 0.6) is 5.75 Å². The number of halogens is 3. The minimum Gasteiger partial charge on any atom is -0.491 e. The van der Waals surface area contributed by atoms with Crippen LogP contribution >= 0.6 is 0 Å². The fraction of sp³-hybridized carbons (Fsp3) is 0.562. The Kier molecular flexibility index (Phi) is 6.30. The summed E-state index contributed by atoms with van der Waals surface area (Å²) in [5.74, 6) is 0.448. The predicted octanol–water partition coefficient (Wildman–Crippen LogP) is 2.12. The average Bonchev–Trinajstić information content (AvgIpc) is 2.96. The maximum absolute atomic E-state index is 12.9. The van der Waals surface area contributed by atoms with Gasteiger partial charge in [-0.25, -0.2) is 4.99 Å². The van der Waals surface area contributed by atoms with E-state index in [4.69, 9.17) is 4.74 Å². The molecular formula is C16H22F3N3O2. The first kappa shape index (κ1) is 18.4. The van der Waals surface area contributed by atoms with Crippen LogP contribution in [0.25, 0.3) is 0 Å². The topological polar surface area (TPSA) is 57.1 Å². The van der Waals surface area contributed by atoms with E-state index >= 15 is 0 Å². The van der Waals surface area contributed by atoms with E-state index in [1.165, 1.54) is 18.2 Å². The molecule has 1 heterocycles. The second-order valence-corrected chi connectivity index (χ2v) is 5.47.